The van der Waals surface area contributed by atoms with Gasteiger partial charge < -0.3 is 4.74 Å². The molecule has 0 spiro atoms. The zero-order chi connectivity index (χ0) is 13.0. The molecule has 1 saturated carbocycles. The molecule has 0 aromatic carbocycles. The average molecular weight is 252 g/mol. The minimum absolute atomic E-state index is 0.131. The Morgan fingerprint density at radius 1 is 1.39 bits per heavy atom. The van der Waals surface area contributed by atoms with Gasteiger partial charge in [0.25, 0.3) is 0 Å². The molecular formula is C15H24O3. The lowest BCUT2D eigenvalue weighted by atomic mass is 9.93. The first-order chi connectivity index (χ1) is 8.47. The normalized spacial score (nSPS) is 48.4. The standard InChI is InChI=1S/C15H24O3/c1-14(2)11-6-7-15(3)13(18-15)5-4-10(9-17-16)8-12(11)14/h8,11-13,16H,4-7,9H2,1-3H3/b10-8+/t11-,12-,13-,15-/m1/s1. The molecule has 0 aromatic rings. The molecule has 1 heterocycles. The lowest BCUT2D eigenvalue weighted by Gasteiger charge is -2.10. The highest BCUT2D eigenvalue weighted by Crippen LogP contribution is 2.63. The summed E-state index contributed by atoms with van der Waals surface area (Å²) < 4.78 is 5.87. The van der Waals surface area contributed by atoms with Crippen LogP contribution < -0.4 is 0 Å². The van der Waals surface area contributed by atoms with Gasteiger partial charge in [0.1, 0.15) is 6.61 Å². The van der Waals surface area contributed by atoms with E-state index in [4.69, 9.17) is 9.99 Å². The third-order valence-electron chi connectivity index (χ3n) is 5.52. The molecule has 0 amide bonds. The number of rotatable bonds is 2. The summed E-state index contributed by atoms with van der Waals surface area (Å²) in [5.74, 6) is 1.42. The second kappa shape index (κ2) is 4.06. The Morgan fingerprint density at radius 3 is 2.89 bits per heavy atom. The van der Waals surface area contributed by atoms with Crippen molar-refractivity contribution in [3.05, 3.63) is 11.6 Å². The van der Waals surface area contributed by atoms with Crippen LogP contribution in [-0.4, -0.2) is 23.6 Å². The van der Waals surface area contributed by atoms with Gasteiger partial charge in [-0.25, -0.2) is 4.89 Å². The molecule has 2 aliphatic carbocycles. The summed E-state index contributed by atoms with van der Waals surface area (Å²) in [6.45, 7) is 7.29. The summed E-state index contributed by atoms with van der Waals surface area (Å²) in [7, 11) is 0. The second-order valence-corrected chi connectivity index (χ2v) is 7.05. The van der Waals surface area contributed by atoms with Crippen molar-refractivity contribution in [3.63, 3.8) is 0 Å². The van der Waals surface area contributed by atoms with Crippen molar-refractivity contribution < 1.29 is 14.9 Å². The highest BCUT2D eigenvalue weighted by atomic mass is 17.1. The monoisotopic (exact) mass is 252 g/mol. The lowest BCUT2D eigenvalue weighted by molar-refractivity contribution is -0.234. The van der Waals surface area contributed by atoms with Gasteiger partial charge in [0.2, 0.25) is 0 Å². The first kappa shape index (κ1) is 12.6. The van der Waals surface area contributed by atoms with Gasteiger partial charge in [-0.05, 0) is 55.4 Å². The molecule has 3 aliphatic rings. The highest BCUT2D eigenvalue weighted by molar-refractivity contribution is 5.21. The molecule has 102 valence electrons. The minimum Gasteiger partial charge on any atom is -0.366 e. The molecule has 2 fully saturated rings. The van der Waals surface area contributed by atoms with E-state index in [2.05, 4.69) is 31.7 Å². The molecule has 1 saturated heterocycles. The fourth-order valence-electron chi connectivity index (χ4n) is 3.84. The largest absolute Gasteiger partial charge is 0.366 e. The van der Waals surface area contributed by atoms with Crippen LogP contribution in [0.5, 0.6) is 0 Å². The lowest BCUT2D eigenvalue weighted by Crippen LogP contribution is -2.12. The number of ether oxygens (including phenoxy) is 1. The Bertz CT molecular complexity index is 374. The third kappa shape index (κ3) is 2.02. The van der Waals surface area contributed by atoms with Gasteiger partial charge in [-0.2, -0.15) is 0 Å². The van der Waals surface area contributed by atoms with Crippen molar-refractivity contribution in [2.45, 2.75) is 58.2 Å². The molecule has 0 radical (unpaired) electrons. The first-order valence-electron chi connectivity index (χ1n) is 7.11. The van der Waals surface area contributed by atoms with E-state index in [0.29, 0.717) is 24.0 Å². The number of epoxide rings is 1. The van der Waals surface area contributed by atoms with Gasteiger partial charge in [0.15, 0.2) is 0 Å². The van der Waals surface area contributed by atoms with E-state index in [0.717, 1.165) is 18.8 Å². The fourth-order valence-corrected chi connectivity index (χ4v) is 3.84. The average Bonchev–Trinajstić information content (AvgIpc) is 3.10. The van der Waals surface area contributed by atoms with Crippen molar-refractivity contribution >= 4 is 0 Å². The van der Waals surface area contributed by atoms with Crippen LogP contribution in [0.3, 0.4) is 0 Å². The Morgan fingerprint density at radius 2 is 2.17 bits per heavy atom. The van der Waals surface area contributed by atoms with Crippen molar-refractivity contribution in [1.29, 1.82) is 0 Å². The summed E-state index contributed by atoms with van der Waals surface area (Å²) in [6.07, 6.45) is 7.27. The summed E-state index contributed by atoms with van der Waals surface area (Å²) in [5.41, 5.74) is 1.77. The van der Waals surface area contributed by atoms with Crippen LogP contribution in [0.15, 0.2) is 11.6 Å². The van der Waals surface area contributed by atoms with Gasteiger partial charge >= 0.3 is 0 Å². The molecule has 1 N–H and O–H groups in total. The maximum atomic E-state index is 8.69. The molecule has 0 aromatic heterocycles. The van der Waals surface area contributed by atoms with E-state index in [1.807, 2.05) is 0 Å². The molecule has 3 heteroatoms. The van der Waals surface area contributed by atoms with Crippen molar-refractivity contribution in [3.8, 4) is 0 Å². The van der Waals surface area contributed by atoms with Crippen LogP contribution >= 0.6 is 0 Å². The van der Waals surface area contributed by atoms with Crippen molar-refractivity contribution in [2.24, 2.45) is 17.3 Å². The highest BCUT2D eigenvalue weighted by Gasteiger charge is 2.59. The second-order valence-electron chi connectivity index (χ2n) is 7.05. The van der Waals surface area contributed by atoms with Crippen LogP contribution in [0.4, 0.5) is 0 Å². The van der Waals surface area contributed by atoms with Gasteiger partial charge in [-0.15, -0.1) is 0 Å². The van der Waals surface area contributed by atoms with Gasteiger partial charge in [0.05, 0.1) is 11.7 Å². The van der Waals surface area contributed by atoms with Crippen molar-refractivity contribution in [2.75, 3.05) is 6.61 Å². The van der Waals surface area contributed by atoms with E-state index in [1.165, 1.54) is 18.4 Å². The number of hydrogen-bond donors (Lipinski definition) is 1. The molecular weight excluding hydrogens is 228 g/mol. The molecule has 0 bridgehead atoms. The zero-order valence-corrected chi connectivity index (χ0v) is 11.6. The summed E-state index contributed by atoms with van der Waals surface area (Å²) in [4.78, 5) is 4.35. The zero-order valence-electron chi connectivity index (χ0n) is 11.6. The topological polar surface area (TPSA) is 42.0 Å². The van der Waals surface area contributed by atoms with Crippen LogP contribution in [0.2, 0.25) is 0 Å². The number of fused-ring (bicyclic) bond motifs is 2. The van der Waals surface area contributed by atoms with E-state index in [-0.39, 0.29) is 5.60 Å². The van der Waals surface area contributed by atoms with Gasteiger partial charge in [0, 0.05) is 0 Å². The van der Waals surface area contributed by atoms with E-state index < -0.39 is 0 Å². The summed E-state index contributed by atoms with van der Waals surface area (Å²) in [5, 5.41) is 8.69. The van der Waals surface area contributed by atoms with Crippen LogP contribution in [0.25, 0.3) is 0 Å². The molecule has 18 heavy (non-hydrogen) atoms. The number of hydrogen-bond acceptors (Lipinski definition) is 3. The summed E-state index contributed by atoms with van der Waals surface area (Å²) >= 11 is 0. The van der Waals surface area contributed by atoms with E-state index in [9.17, 15) is 0 Å². The van der Waals surface area contributed by atoms with Crippen LogP contribution in [0.1, 0.15) is 46.5 Å². The van der Waals surface area contributed by atoms with Gasteiger partial charge in [-0.3, -0.25) is 5.26 Å². The van der Waals surface area contributed by atoms with Gasteiger partial charge in [-0.1, -0.05) is 19.9 Å². The molecule has 4 atom stereocenters. The van der Waals surface area contributed by atoms with E-state index in [1.54, 1.807) is 0 Å². The Labute approximate surface area is 109 Å². The Hall–Kier alpha value is -0.380. The molecule has 0 unspecified atom stereocenters. The SMILES string of the molecule is CC1(C)[C@@H]2/C=C(/COO)CC[C@H]3O[C@]3(C)CC[C@H]21. The number of allylic oxidation sites excluding steroid dienone is 1. The predicted octanol–water partition coefficient (Wildman–Crippen LogP) is 3.41. The van der Waals surface area contributed by atoms with E-state index >= 15 is 0 Å². The van der Waals surface area contributed by atoms with Crippen LogP contribution in [0, 0.1) is 17.3 Å². The maximum Gasteiger partial charge on any atom is 0.103 e. The fraction of sp³-hybridized carbons (Fsp3) is 0.867. The third-order valence-corrected chi connectivity index (χ3v) is 5.52. The minimum atomic E-state index is 0.131. The Kier molecular flexibility index (Phi) is 2.85. The van der Waals surface area contributed by atoms with Crippen molar-refractivity contribution in [1.82, 2.24) is 0 Å². The summed E-state index contributed by atoms with van der Waals surface area (Å²) in [6, 6.07) is 0. The maximum absolute atomic E-state index is 8.69. The first-order valence-corrected chi connectivity index (χ1v) is 7.11. The molecule has 3 nitrogen and oxygen atoms in total. The molecule has 1 aliphatic heterocycles. The quantitative estimate of drug-likeness (QED) is 0.354. The smallest absolute Gasteiger partial charge is 0.103 e. The predicted molar refractivity (Wildman–Crippen MR) is 69.2 cm³/mol. The molecule has 3 rings (SSSR count). The van der Waals surface area contributed by atoms with Crippen LogP contribution in [-0.2, 0) is 9.62 Å². The Balaban J connectivity index is 1.77.